The summed E-state index contributed by atoms with van der Waals surface area (Å²) in [6.45, 7) is 3.59. The first-order chi connectivity index (χ1) is 10.5. The fourth-order valence-corrected chi connectivity index (χ4v) is 2.74. The summed E-state index contributed by atoms with van der Waals surface area (Å²) in [5, 5.41) is 2.34. The standard InChI is InChI=1S/C16H18N2O3S/c1-3-11(2)17-14(19)10-18-15(20)13(22-16(18)21)9-12-7-5-4-6-8-12/h4-9,11H,3,10H2,1-2H3,(H,17,19)/b13-9+. The molecule has 1 unspecified atom stereocenters. The lowest BCUT2D eigenvalue weighted by atomic mass is 10.2. The molecule has 0 bridgehead atoms. The van der Waals surface area contributed by atoms with Crippen LogP contribution >= 0.6 is 11.8 Å². The van der Waals surface area contributed by atoms with Crippen molar-refractivity contribution in [1.82, 2.24) is 10.2 Å². The zero-order chi connectivity index (χ0) is 16.1. The smallest absolute Gasteiger partial charge is 0.294 e. The summed E-state index contributed by atoms with van der Waals surface area (Å²) in [7, 11) is 0. The minimum Gasteiger partial charge on any atom is -0.352 e. The first-order valence-corrected chi connectivity index (χ1v) is 7.92. The van der Waals surface area contributed by atoms with Gasteiger partial charge < -0.3 is 5.32 Å². The molecule has 2 rings (SSSR count). The van der Waals surface area contributed by atoms with Gasteiger partial charge >= 0.3 is 0 Å². The van der Waals surface area contributed by atoms with E-state index in [0.29, 0.717) is 4.91 Å². The molecular weight excluding hydrogens is 300 g/mol. The van der Waals surface area contributed by atoms with Gasteiger partial charge in [0.2, 0.25) is 5.91 Å². The zero-order valence-electron chi connectivity index (χ0n) is 12.5. The summed E-state index contributed by atoms with van der Waals surface area (Å²) < 4.78 is 0. The van der Waals surface area contributed by atoms with Crippen molar-refractivity contribution in [2.75, 3.05) is 6.54 Å². The van der Waals surface area contributed by atoms with E-state index in [9.17, 15) is 14.4 Å². The van der Waals surface area contributed by atoms with Crippen molar-refractivity contribution in [2.24, 2.45) is 0 Å². The molecule has 22 heavy (non-hydrogen) atoms. The molecule has 1 aliphatic rings. The highest BCUT2D eigenvalue weighted by Crippen LogP contribution is 2.31. The molecule has 0 saturated carbocycles. The Balaban J connectivity index is 2.06. The third-order valence-electron chi connectivity index (χ3n) is 3.29. The number of imide groups is 1. The third kappa shape index (κ3) is 3.98. The molecule has 1 saturated heterocycles. The number of benzene rings is 1. The molecule has 0 spiro atoms. The van der Waals surface area contributed by atoms with Crippen LogP contribution in [0.1, 0.15) is 25.8 Å². The highest BCUT2D eigenvalue weighted by Gasteiger charge is 2.36. The maximum Gasteiger partial charge on any atom is 0.294 e. The van der Waals surface area contributed by atoms with E-state index in [1.165, 1.54) is 0 Å². The Hall–Kier alpha value is -2.08. The second-order valence-corrected chi connectivity index (χ2v) is 6.05. The molecule has 0 aliphatic carbocycles. The van der Waals surface area contributed by atoms with Gasteiger partial charge in [0.05, 0.1) is 4.91 Å². The van der Waals surface area contributed by atoms with E-state index < -0.39 is 11.1 Å². The van der Waals surface area contributed by atoms with Crippen molar-refractivity contribution in [2.45, 2.75) is 26.3 Å². The summed E-state index contributed by atoms with van der Waals surface area (Å²) in [5.74, 6) is -0.740. The molecule has 0 aromatic heterocycles. The number of hydrogen-bond donors (Lipinski definition) is 1. The zero-order valence-corrected chi connectivity index (χ0v) is 13.4. The van der Waals surface area contributed by atoms with Gasteiger partial charge in [-0.1, -0.05) is 37.3 Å². The van der Waals surface area contributed by atoms with Gasteiger partial charge in [-0.25, -0.2) is 0 Å². The van der Waals surface area contributed by atoms with Crippen molar-refractivity contribution < 1.29 is 14.4 Å². The SMILES string of the molecule is CCC(C)NC(=O)CN1C(=O)S/C(=C/c2ccccc2)C1=O. The van der Waals surface area contributed by atoms with E-state index in [4.69, 9.17) is 0 Å². The molecule has 3 amide bonds. The summed E-state index contributed by atoms with van der Waals surface area (Å²) in [5.41, 5.74) is 0.844. The minimum atomic E-state index is -0.418. The van der Waals surface area contributed by atoms with Crippen molar-refractivity contribution in [3.63, 3.8) is 0 Å². The molecule has 6 heteroatoms. The number of amides is 3. The number of rotatable bonds is 5. The van der Waals surface area contributed by atoms with Gasteiger partial charge in [0.15, 0.2) is 0 Å². The number of carbonyl (C=O) groups excluding carboxylic acids is 3. The van der Waals surface area contributed by atoms with Gasteiger partial charge in [0.1, 0.15) is 6.54 Å². The summed E-state index contributed by atoms with van der Waals surface area (Å²) in [4.78, 5) is 37.3. The average molecular weight is 318 g/mol. The maximum absolute atomic E-state index is 12.2. The van der Waals surface area contributed by atoms with E-state index in [-0.39, 0.29) is 18.5 Å². The number of hydrogen-bond acceptors (Lipinski definition) is 4. The third-order valence-corrected chi connectivity index (χ3v) is 4.20. The first kappa shape index (κ1) is 16.3. The molecule has 5 nitrogen and oxygen atoms in total. The van der Waals surface area contributed by atoms with Gasteiger partial charge in [-0.3, -0.25) is 19.3 Å². The van der Waals surface area contributed by atoms with Crippen LogP contribution in [0.25, 0.3) is 6.08 Å². The topological polar surface area (TPSA) is 66.5 Å². The van der Waals surface area contributed by atoms with Gasteiger partial charge in [-0.15, -0.1) is 0 Å². The molecule has 0 radical (unpaired) electrons. The molecular formula is C16H18N2O3S. The van der Waals surface area contributed by atoms with Crippen molar-refractivity contribution in [3.8, 4) is 0 Å². The molecule has 1 N–H and O–H groups in total. The maximum atomic E-state index is 12.2. The quantitative estimate of drug-likeness (QED) is 0.848. The van der Waals surface area contributed by atoms with E-state index >= 15 is 0 Å². The van der Waals surface area contributed by atoms with E-state index in [0.717, 1.165) is 28.6 Å². The van der Waals surface area contributed by atoms with Crippen LogP contribution in [0.2, 0.25) is 0 Å². The Labute approximate surface area is 133 Å². The van der Waals surface area contributed by atoms with Crippen LogP contribution < -0.4 is 5.32 Å². The van der Waals surface area contributed by atoms with Gasteiger partial charge in [-0.05, 0) is 36.7 Å². The highest BCUT2D eigenvalue weighted by atomic mass is 32.2. The van der Waals surface area contributed by atoms with Crippen molar-refractivity contribution in [3.05, 3.63) is 40.8 Å². The van der Waals surface area contributed by atoms with Crippen LogP contribution in [0, 0.1) is 0 Å². The van der Waals surface area contributed by atoms with Gasteiger partial charge in [0, 0.05) is 6.04 Å². The van der Waals surface area contributed by atoms with Crippen LogP contribution in [0.15, 0.2) is 35.2 Å². The average Bonchev–Trinajstić information content (AvgIpc) is 2.75. The van der Waals surface area contributed by atoms with Crippen LogP contribution in [0.5, 0.6) is 0 Å². The number of nitrogens with one attached hydrogen (secondary N) is 1. The normalized spacial score (nSPS) is 17.9. The lowest BCUT2D eigenvalue weighted by molar-refractivity contribution is -0.129. The Morgan fingerprint density at radius 1 is 1.32 bits per heavy atom. The second-order valence-electron chi connectivity index (χ2n) is 5.06. The molecule has 1 aromatic carbocycles. The monoisotopic (exact) mass is 318 g/mol. The number of nitrogens with zero attached hydrogens (tertiary/aromatic N) is 1. The van der Waals surface area contributed by atoms with E-state index in [2.05, 4.69) is 5.32 Å². The fourth-order valence-electron chi connectivity index (χ4n) is 1.90. The van der Waals surface area contributed by atoms with Gasteiger partial charge in [0.25, 0.3) is 11.1 Å². The van der Waals surface area contributed by atoms with Gasteiger partial charge in [-0.2, -0.15) is 0 Å². The van der Waals surface area contributed by atoms with Crippen molar-refractivity contribution in [1.29, 1.82) is 0 Å². The van der Waals surface area contributed by atoms with Crippen LogP contribution in [-0.4, -0.2) is 34.5 Å². The number of carbonyl (C=O) groups is 3. The minimum absolute atomic E-state index is 0.0206. The summed E-state index contributed by atoms with van der Waals surface area (Å²) in [6, 6.07) is 9.31. The Morgan fingerprint density at radius 2 is 2.00 bits per heavy atom. The molecule has 1 heterocycles. The predicted molar refractivity (Wildman–Crippen MR) is 87.0 cm³/mol. The molecule has 1 aromatic rings. The van der Waals surface area contributed by atoms with Crippen LogP contribution in [0.3, 0.4) is 0 Å². The fraction of sp³-hybridized carbons (Fsp3) is 0.312. The van der Waals surface area contributed by atoms with Crippen molar-refractivity contribution >= 4 is 34.9 Å². The predicted octanol–water partition coefficient (Wildman–Crippen LogP) is 2.64. The molecule has 116 valence electrons. The number of thioether (sulfide) groups is 1. The van der Waals surface area contributed by atoms with E-state index in [1.54, 1.807) is 6.08 Å². The molecule has 1 atom stereocenters. The highest BCUT2D eigenvalue weighted by molar-refractivity contribution is 8.18. The van der Waals surface area contributed by atoms with Crippen LogP contribution in [-0.2, 0) is 9.59 Å². The lowest BCUT2D eigenvalue weighted by Gasteiger charge is -2.15. The summed E-state index contributed by atoms with van der Waals surface area (Å²) in [6.07, 6.45) is 2.46. The molecule has 1 fully saturated rings. The van der Waals surface area contributed by atoms with Crippen LogP contribution in [0.4, 0.5) is 4.79 Å². The Morgan fingerprint density at radius 3 is 2.64 bits per heavy atom. The summed E-state index contributed by atoms with van der Waals surface area (Å²) >= 11 is 0.862. The largest absolute Gasteiger partial charge is 0.352 e. The Kier molecular flexibility index (Phi) is 5.38. The lowest BCUT2D eigenvalue weighted by Crippen LogP contribution is -2.42. The van der Waals surface area contributed by atoms with E-state index in [1.807, 2.05) is 44.2 Å². The first-order valence-electron chi connectivity index (χ1n) is 7.11. The second kappa shape index (κ2) is 7.26. The Bertz CT molecular complexity index is 613. The molecule has 1 aliphatic heterocycles.